The highest BCUT2D eigenvalue weighted by Gasteiger charge is 2.75. The van der Waals surface area contributed by atoms with Crippen LogP contribution in [0.1, 0.15) is 46.0 Å². The molecule has 0 aromatic rings. The summed E-state index contributed by atoms with van der Waals surface area (Å²) in [5.74, 6) is -0.306. The lowest BCUT2D eigenvalue weighted by atomic mass is 9.43. The van der Waals surface area contributed by atoms with Crippen LogP contribution in [0.2, 0.25) is 0 Å². The van der Waals surface area contributed by atoms with Crippen LogP contribution in [0.3, 0.4) is 0 Å². The first-order valence-electron chi connectivity index (χ1n) is 6.42. The Morgan fingerprint density at radius 3 is 2.50 bits per heavy atom. The topological polar surface area (TPSA) is 60.7 Å². The van der Waals surface area contributed by atoms with E-state index in [1.165, 1.54) is 0 Å². The molecule has 16 heavy (non-hydrogen) atoms. The minimum atomic E-state index is -0.813. The average Bonchev–Trinajstić information content (AvgIpc) is 2.40. The maximum atomic E-state index is 10.8. The molecule has 0 radical (unpaired) electrons. The van der Waals surface area contributed by atoms with Gasteiger partial charge in [-0.15, -0.1) is 0 Å². The summed E-state index contributed by atoms with van der Waals surface area (Å²) in [7, 11) is 0. The average molecular weight is 226 g/mol. The van der Waals surface area contributed by atoms with Crippen molar-refractivity contribution in [2.45, 2.75) is 63.3 Å². The minimum absolute atomic E-state index is 0.000718. The normalized spacial score (nSPS) is 58.7. The fourth-order valence-corrected chi connectivity index (χ4v) is 5.04. The van der Waals surface area contributed by atoms with Crippen molar-refractivity contribution in [2.24, 2.45) is 17.3 Å². The van der Waals surface area contributed by atoms with Crippen LogP contribution in [-0.4, -0.2) is 32.6 Å². The van der Waals surface area contributed by atoms with Gasteiger partial charge in [-0.2, -0.15) is 0 Å². The van der Waals surface area contributed by atoms with E-state index in [1.807, 2.05) is 0 Å². The van der Waals surface area contributed by atoms with E-state index >= 15 is 0 Å². The van der Waals surface area contributed by atoms with E-state index in [0.717, 1.165) is 19.3 Å². The Bertz CT molecular complexity index is 327. The molecule has 0 bridgehead atoms. The number of fused-ring (bicyclic) bond motifs is 4. The Kier molecular flexibility index (Phi) is 1.94. The largest absolute Gasteiger partial charge is 0.393 e. The van der Waals surface area contributed by atoms with Crippen LogP contribution in [0.15, 0.2) is 0 Å². The molecule has 0 saturated heterocycles. The van der Waals surface area contributed by atoms with E-state index in [2.05, 4.69) is 13.8 Å². The van der Waals surface area contributed by atoms with Gasteiger partial charge in [-0.25, -0.2) is 0 Å². The molecule has 0 aliphatic heterocycles. The van der Waals surface area contributed by atoms with E-state index in [1.54, 1.807) is 0 Å². The number of rotatable bonds is 0. The number of aliphatic hydroxyl groups is 3. The third-order valence-electron chi connectivity index (χ3n) is 5.26. The smallest absolute Gasteiger partial charge is 0.0788 e. The summed E-state index contributed by atoms with van der Waals surface area (Å²) in [6.45, 7) is 4.19. The number of hydrogen-bond acceptors (Lipinski definition) is 3. The van der Waals surface area contributed by atoms with Gasteiger partial charge in [0.15, 0.2) is 0 Å². The predicted octanol–water partition coefficient (Wildman–Crippen LogP) is 1.06. The third kappa shape index (κ3) is 1.09. The van der Waals surface area contributed by atoms with E-state index in [4.69, 9.17) is 0 Å². The zero-order valence-corrected chi connectivity index (χ0v) is 10.1. The third-order valence-corrected chi connectivity index (χ3v) is 5.26. The molecular formula is C13H22O3. The van der Waals surface area contributed by atoms with Crippen LogP contribution in [0, 0.1) is 17.3 Å². The molecule has 0 heterocycles. The molecule has 3 rings (SSSR count). The van der Waals surface area contributed by atoms with Crippen molar-refractivity contribution in [1.82, 2.24) is 0 Å². The Morgan fingerprint density at radius 1 is 1.12 bits per heavy atom. The first kappa shape index (κ1) is 11.0. The summed E-state index contributed by atoms with van der Waals surface area (Å²) >= 11 is 0. The highest BCUT2D eigenvalue weighted by atomic mass is 16.3. The molecule has 0 aromatic carbocycles. The summed E-state index contributed by atoms with van der Waals surface area (Å²) in [6, 6.07) is 0. The zero-order valence-electron chi connectivity index (χ0n) is 10.1. The van der Waals surface area contributed by atoms with Crippen molar-refractivity contribution in [3.8, 4) is 0 Å². The highest BCUT2D eigenvalue weighted by Crippen LogP contribution is 2.67. The molecule has 3 nitrogen and oxygen atoms in total. The van der Waals surface area contributed by atoms with Crippen molar-refractivity contribution in [3.05, 3.63) is 0 Å². The van der Waals surface area contributed by atoms with Crippen molar-refractivity contribution in [2.75, 3.05) is 0 Å². The van der Waals surface area contributed by atoms with Gasteiger partial charge < -0.3 is 15.3 Å². The van der Waals surface area contributed by atoms with Gasteiger partial charge in [0.25, 0.3) is 0 Å². The SMILES string of the molecule is CC1(C)CC(O)C2C3(O)CCCC3C2(O)C1. The van der Waals surface area contributed by atoms with Gasteiger partial charge in [0.2, 0.25) is 0 Å². The minimum Gasteiger partial charge on any atom is -0.393 e. The Hall–Kier alpha value is -0.120. The van der Waals surface area contributed by atoms with E-state index < -0.39 is 17.3 Å². The second kappa shape index (κ2) is 2.82. The van der Waals surface area contributed by atoms with Crippen LogP contribution in [-0.2, 0) is 0 Å². The molecule has 5 unspecified atom stereocenters. The number of hydrogen-bond donors (Lipinski definition) is 3. The quantitative estimate of drug-likeness (QED) is 0.579. The molecule has 3 aliphatic rings. The maximum absolute atomic E-state index is 10.8. The first-order chi connectivity index (χ1) is 7.30. The van der Waals surface area contributed by atoms with Crippen LogP contribution in [0.25, 0.3) is 0 Å². The zero-order chi connectivity index (χ0) is 11.8. The lowest BCUT2D eigenvalue weighted by molar-refractivity contribution is -0.328. The fraction of sp³-hybridized carbons (Fsp3) is 1.00. The molecule has 0 amide bonds. The van der Waals surface area contributed by atoms with Crippen LogP contribution >= 0.6 is 0 Å². The molecule has 3 saturated carbocycles. The summed E-state index contributed by atoms with van der Waals surface area (Å²) in [5.41, 5.74) is -1.61. The fourth-order valence-electron chi connectivity index (χ4n) is 5.04. The highest BCUT2D eigenvalue weighted by molar-refractivity contribution is 5.25. The molecule has 3 fully saturated rings. The summed E-state index contributed by atoms with van der Waals surface area (Å²) < 4.78 is 0. The molecule has 0 aromatic heterocycles. The van der Waals surface area contributed by atoms with Crippen molar-refractivity contribution in [1.29, 1.82) is 0 Å². The van der Waals surface area contributed by atoms with Gasteiger partial charge in [-0.05, 0) is 31.1 Å². The predicted molar refractivity (Wildman–Crippen MR) is 59.8 cm³/mol. The van der Waals surface area contributed by atoms with Crippen molar-refractivity contribution in [3.63, 3.8) is 0 Å². The Balaban J connectivity index is 1.97. The molecule has 92 valence electrons. The van der Waals surface area contributed by atoms with Gasteiger partial charge in [0.05, 0.1) is 17.3 Å². The lowest BCUT2D eigenvalue weighted by Gasteiger charge is -2.67. The van der Waals surface area contributed by atoms with Gasteiger partial charge in [-0.3, -0.25) is 0 Å². The molecule has 3 heteroatoms. The molecule has 3 aliphatic carbocycles. The summed E-state index contributed by atoms with van der Waals surface area (Å²) in [5, 5.41) is 31.5. The molecule has 5 atom stereocenters. The van der Waals surface area contributed by atoms with Crippen molar-refractivity contribution < 1.29 is 15.3 Å². The number of aliphatic hydroxyl groups excluding tert-OH is 1. The van der Waals surface area contributed by atoms with E-state index in [0.29, 0.717) is 12.8 Å². The van der Waals surface area contributed by atoms with Gasteiger partial charge in [-0.1, -0.05) is 20.3 Å². The second-order valence-electron chi connectivity index (χ2n) is 7.02. The first-order valence-corrected chi connectivity index (χ1v) is 6.42. The maximum Gasteiger partial charge on any atom is 0.0788 e. The van der Waals surface area contributed by atoms with Gasteiger partial charge in [0, 0.05) is 11.8 Å². The monoisotopic (exact) mass is 226 g/mol. The van der Waals surface area contributed by atoms with Crippen LogP contribution in [0.4, 0.5) is 0 Å². The van der Waals surface area contributed by atoms with Gasteiger partial charge >= 0.3 is 0 Å². The molecule has 3 N–H and O–H groups in total. The van der Waals surface area contributed by atoms with Crippen LogP contribution < -0.4 is 0 Å². The summed E-state index contributed by atoms with van der Waals surface area (Å²) in [4.78, 5) is 0. The van der Waals surface area contributed by atoms with Gasteiger partial charge in [0.1, 0.15) is 0 Å². The second-order valence-corrected chi connectivity index (χ2v) is 7.02. The van der Waals surface area contributed by atoms with E-state index in [-0.39, 0.29) is 17.3 Å². The molecular weight excluding hydrogens is 204 g/mol. The van der Waals surface area contributed by atoms with E-state index in [9.17, 15) is 15.3 Å². The van der Waals surface area contributed by atoms with Crippen molar-refractivity contribution >= 4 is 0 Å². The summed E-state index contributed by atoms with van der Waals surface area (Å²) in [6.07, 6.45) is 3.50. The Labute approximate surface area is 96.5 Å². The standard InChI is InChI=1S/C13H22O3/c1-11(2)6-8(14)10-12(15)5-3-4-9(12)13(10,16)7-11/h8-10,14-16H,3-7H2,1-2H3. The lowest BCUT2D eigenvalue weighted by Crippen LogP contribution is -2.77. The molecule has 0 spiro atoms. The van der Waals surface area contributed by atoms with Crippen LogP contribution in [0.5, 0.6) is 0 Å². The Morgan fingerprint density at radius 2 is 1.81 bits per heavy atom.